The van der Waals surface area contributed by atoms with Gasteiger partial charge in [0.05, 0.1) is 17.9 Å². The van der Waals surface area contributed by atoms with E-state index in [-0.39, 0.29) is 12.0 Å². The molecular weight excluding hydrogens is 548 g/mol. The number of aliphatic hydroxyl groups is 1. The summed E-state index contributed by atoms with van der Waals surface area (Å²) in [7, 11) is 0. The first kappa shape index (κ1) is 41.2. The van der Waals surface area contributed by atoms with E-state index in [2.05, 4.69) is 12.3 Å². The van der Waals surface area contributed by atoms with Gasteiger partial charge < -0.3 is 5.11 Å². The summed E-state index contributed by atoms with van der Waals surface area (Å²) >= 11 is 0. The summed E-state index contributed by atoms with van der Waals surface area (Å²) in [6.07, 6.45) is 15.9. The van der Waals surface area contributed by atoms with Gasteiger partial charge in [-0.3, -0.25) is 51.1 Å². The molecule has 0 spiro atoms. The first-order valence-electron chi connectivity index (χ1n) is 14.8. The molecule has 0 aromatic rings. The van der Waals surface area contributed by atoms with E-state index in [4.69, 9.17) is 29.2 Å². The van der Waals surface area contributed by atoms with E-state index in [9.17, 15) is 29.1 Å². The van der Waals surface area contributed by atoms with Crippen molar-refractivity contribution in [2.24, 2.45) is 41.0 Å². The highest BCUT2D eigenvalue weighted by molar-refractivity contribution is 5.93. The lowest BCUT2D eigenvalue weighted by atomic mass is 9.85. The number of carbonyl (C=O) groups excluding carboxylic acids is 5. The molecule has 16 N–H and O–H groups in total. The van der Waals surface area contributed by atoms with Crippen LogP contribution in [0.15, 0.2) is 0 Å². The van der Waals surface area contributed by atoms with Gasteiger partial charge >= 0.3 is 0 Å². The Kier molecular flexibility index (Phi) is 27.7. The van der Waals surface area contributed by atoms with E-state index < -0.39 is 48.3 Å². The van der Waals surface area contributed by atoms with Gasteiger partial charge in [0.1, 0.15) is 0 Å². The third-order valence-electron chi connectivity index (χ3n) is 6.82. The van der Waals surface area contributed by atoms with E-state index in [1.165, 1.54) is 57.8 Å². The van der Waals surface area contributed by atoms with Crippen LogP contribution in [-0.4, -0.2) is 40.7 Å². The SMILES string of the molecule is CCCCCCC(O)CCCCCCCCCCC(=O)NN.NNC(=O)CC(C(=O)NN)C(CC(=O)NN)C(=O)NN. The molecule has 0 rings (SSSR count). The van der Waals surface area contributed by atoms with Crippen LogP contribution in [0.4, 0.5) is 0 Å². The molecule has 0 heterocycles. The first-order valence-corrected chi connectivity index (χ1v) is 14.8. The fraction of sp³-hybridized carbons (Fsp3) is 0.808. The van der Waals surface area contributed by atoms with Gasteiger partial charge in [0.25, 0.3) is 0 Å². The Morgan fingerprint density at radius 2 is 0.881 bits per heavy atom. The number of amides is 5. The van der Waals surface area contributed by atoms with Crippen LogP contribution in [0.1, 0.15) is 116 Å². The van der Waals surface area contributed by atoms with Crippen LogP contribution in [0.3, 0.4) is 0 Å². The van der Waals surface area contributed by atoms with Crippen molar-refractivity contribution >= 4 is 29.5 Å². The first-order chi connectivity index (χ1) is 20.1. The molecule has 0 bridgehead atoms. The maximum absolute atomic E-state index is 11.7. The Morgan fingerprint density at radius 3 is 1.24 bits per heavy atom. The van der Waals surface area contributed by atoms with Crippen LogP contribution >= 0.6 is 0 Å². The minimum Gasteiger partial charge on any atom is -0.393 e. The van der Waals surface area contributed by atoms with Gasteiger partial charge in [0, 0.05) is 19.3 Å². The topological polar surface area (TPSA) is 296 Å². The van der Waals surface area contributed by atoms with Crippen molar-refractivity contribution in [3.05, 3.63) is 0 Å². The van der Waals surface area contributed by atoms with Crippen LogP contribution in [0, 0.1) is 11.8 Å². The average molecular weight is 605 g/mol. The van der Waals surface area contributed by atoms with E-state index in [0.29, 0.717) is 6.42 Å². The molecular formula is C26H56N10O6. The molecule has 0 saturated heterocycles. The van der Waals surface area contributed by atoms with Crippen LogP contribution in [0.5, 0.6) is 0 Å². The second kappa shape index (κ2) is 28.2. The molecule has 0 aromatic carbocycles. The van der Waals surface area contributed by atoms with Gasteiger partial charge in [0.2, 0.25) is 29.5 Å². The van der Waals surface area contributed by atoms with Crippen molar-refractivity contribution in [1.29, 1.82) is 0 Å². The van der Waals surface area contributed by atoms with Crippen LogP contribution in [0.2, 0.25) is 0 Å². The Labute approximate surface area is 249 Å². The molecule has 246 valence electrons. The summed E-state index contributed by atoms with van der Waals surface area (Å²) < 4.78 is 0. The van der Waals surface area contributed by atoms with Crippen molar-refractivity contribution < 1.29 is 29.1 Å². The molecule has 5 amide bonds. The highest BCUT2D eigenvalue weighted by atomic mass is 16.3. The normalized spacial score (nSPS) is 12.5. The molecule has 0 aliphatic heterocycles. The summed E-state index contributed by atoms with van der Waals surface area (Å²) in [6.45, 7) is 2.22. The number of nitrogens with one attached hydrogen (secondary N) is 5. The third kappa shape index (κ3) is 22.8. The number of carbonyl (C=O) groups is 5. The lowest BCUT2D eigenvalue weighted by Crippen LogP contribution is -2.49. The lowest BCUT2D eigenvalue weighted by molar-refractivity contribution is -0.140. The number of aliphatic hydroxyl groups excluding tert-OH is 1. The largest absolute Gasteiger partial charge is 0.393 e. The Hall–Kier alpha value is -2.89. The second-order valence-electron chi connectivity index (χ2n) is 10.2. The van der Waals surface area contributed by atoms with Gasteiger partial charge in [-0.15, -0.1) is 0 Å². The molecule has 0 aliphatic carbocycles. The highest BCUT2D eigenvalue weighted by Gasteiger charge is 2.36. The van der Waals surface area contributed by atoms with E-state index in [0.717, 1.165) is 32.1 Å². The molecule has 0 radical (unpaired) electrons. The number of hydrogen-bond donors (Lipinski definition) is 11. The molecule has 16 nitrogen and oxygen atoms in total. The monoisotopic (exact) mass is 604 g/mol. The fourth-order valence-corrected chi connectivity index (χ4v) is 4.32. The molecule has 3 atom stereocenters. The predicted molar refractivity (Wildman–Crippen MR) is 159 cm³/mol. The van der Waals surface area contributed by atoms with Crippen molar-refractivity contribution in [3.63, 3.8) is 0 Å². The van der Waals surface area contributed by atoms with Crippen molar-refractivity contribution in [1.82, 2.24) is 27.1 Å². The molecule has 0 aromatic heterocycles. The molecule has 0 fully saturated rings. The predicted octanol–water partition coefficient (Wildman–Crippen LogP) is -0.833. The highest BCUT2D eigenvalue weighted by Crippen LogP contribution is 2.20. The maximum Gasteiger partial charge on any atom is 0.238 e. The van der Waals surface area contributed by atoms with Crippen molar-refractivity contribution in [2.45, 2.75) is 122 Å². The summed E-state index contributed by atoms with van der Waals surface area (Å²) in [4.78, 5) is 56.8. The van der Waals surface area contributed by atoms with Crippen LogP contribution in [0.25, 0.3) is 0 Å². The lowest BCUT2D eigenvalue weighted by Gasteiger charge is -2.23. The Balaban J connectivity index is 0. The van der Waals surface area contributed by atoms with Gasteiger partial charge in [-0.1, -0.05) is 77.6 Å². The molecule has 3 unspecified atom stereocenters. The molecule has 0 aliphatic rings. The van der Waals surface area contributed by atoms with Crippen molar-refractivity contribution in [3.8, 4) is 0 Å². The number of nitrogens with two attached hydrogens (primary N) is 5. The van der Waals surface area contributed by atoms with E-state index >= 15 is 0 Å². The smallest absolute Gasteiger partial charge is 0.238 e. The summed E-state index contributed by atoms with van der Waals surface area (Å²) in [6, 6.07) is 0. The van der Waals surface area contributed by atoms with Gasteiger partial charge in [0.15, 0.2) is 0 Å². The summed E-state index contributed by atoms with van der Waals surface area (Å²) in [5.41, 5.74) is 9.37. The van der Waals surface area contributed by atoms with Gasteiger partial charge in [-0.05, 0) is 19.3 Å². The zero-order chi connectivity index (χ0) is 32.2. The molecule has 42 heavy (non-hydrogen) atoms. The van der Waals surface area contributed by atoms with Gasteiger partial charge in [-0.2, -0.15) is 0 Å². The molecule has 0 saturated carbocycles. The fourth-order valence-electron chi connectivity index (χ4n) is 4.32. The maximum atomic E-state index is 11.7. The van der Waals surface area contributed by atoms with Crippen LogP contribution < -0.4 is 56.3 Å². The second-order valence-corrected chi connectivity index (χ2v) is 10.2. The standard InChI is InChI=1S/C18H38N2O2.C8H18N8O4/c1-2-3-4-11-14-17(21)15-12-9-7-5-6-8-10-13-16-18(22)20-19;9-13-5(17)1-3(7(19)15-11)4(8(20)16-12)2-6(18)14-10/h17,21H,2-16,19H2,1H3,(H,20,22);3-4H,1-2,9-12H2,(H,13,17)(H,14,18)(H,15,19)(H,16,20). The van der Waals surface area contributed by atoms with E-state index in [1.54, 1.807) is 21.7 Å². The average Bonchev–Trinajstić information content (AvgIpc) is 3.00. The number of hydrazine groups is 5. The third-order valence-corrected chi connectivity index (χ3v) is 6.82. The quantitative estimate of drug-likeness (QED) is 0.0296. The minimum atomic E-state index is -1.25. The Bertz CT molecular complexity index is 723. The Morgan fingerprint density at radius 1 is 0.524 bits per heavy atom. The zero-order valence-electron chi connectivity index (χ0n) is 25.1. The molecule has 16 heteroatoms. The minimum absolute atomic E-state index is 0.0618. The van der Waals surface area contributed by atoms with Crippen molar-refractivity contribution in [2.75, 3.05) is 0 Å². The van der Waals surface area contributed by atoms with E-state index in [1.807, 2.05) is 0 Å². The van der Waals surface area contributed by atoms with Crippen LogP contribution in [-0.2, 0) is 24.0 Å². The van der Waals surface area contributed by atoms with Gasteiger partial charge in [-0.25, -0.2) is 29.2 Å². The summed E-state index contributed by atoms with van der Waals surface area (Å²) in [5, 5.41) is 9.87. The number of rotatable bonds is 23. The summed E-state index contributed by atoms with van der Waals surface area (Å²) in [5.74, 6) is 19.2. The zero-order valence-corrected chi connectivity index (χ0v) is 25.1. The number of unbranched alkanes of at least 4 members (excludes halogenated alkanes) is 10. The number of hydrogen-bond acceptors (Lipinski definition) is 11.